The molecule has 0 bridgehead atoms. The van der Waals surface area contributed by atoms with Crippen LogP contribution in [0.3, 0.4) is 0 Å². The lowest BCUT2D eigenvalue weighted by atomic mass is 9.94. The standard InChI is InChI=1S/C16H17F3N4OS/c1-23-9-11-5-3-2-4-10(11)8-12(23)14(24)20-7-6-13-21-22-15(25-13)16(17,18)19/h2-5,12H,6-9H2,1H3,(H,20,24)/t12-/m0/s1. The Morgan fingerprint density at radius 2 is 2.04 bits per heavy atom. The maximum absolute atomic E-state index is 12.5. The van der Waals surface area contributed by atoms with Gasteiger partial charge in [0.1, 0.15) is 5.01 Å². The van der Waals surface area contributed by atoms with E-state index >= 15 is 0 Å². The molecule has 0 aliphatic carbocycles. The van der Waals surface area contributed by atoms with Gasteiger partial charge in [-0.2, -0.15) is 13.2 Å². The van der Waals surface area contributed by atoms with E-state index in [0.717, 1.165) is 5.56 Å². The highest BCUT2D eigenvalue weighted by Crippen LogP contribution is 2.31. The van der Waals surface area contributed by atoms with Gasteiger partial charge in [-0.15, -0.1) is 10.2 Å². The van der Waals surface area contributed by atoms with Crippen molar-refractivity contribution in [1.82, 2.24) is 20.4 Å². The maximum Gasteiger partial charge on any atom is 0.445 e. The van der Waals surface area contributed by atoms with E-state index in [1.807, 2.05) is 36.2 Å². The molecule has 134 valence electrons. The number of benzene rings is 1. The van der Waals surface area contributed by atoms with Crippen molar-refractivity contribution in [2.45, 2.75) is 31.6 Å². The van der Waals surface area contributed by atoms with E-state index in [0.29, 0.717) is 24.3 Å². The van der Waals surface area contributed by atoms with Crippen molar-refractivity contribution < 1.29 is 18.0 Å². The van der Waals surface area contributed by atoms with Gasteiger partial charge in [0.15, 0.2) is 0 Å². The minimum atomic E-state index is -4.47. The van der Waals surface area contributed by atoms with Gasteiger partial charge in [-0.3, -0.25) is 9.69 Å². The first-order chi connectivity index (χ1) is 11.8. The van der Waals surface area contributed by atoms with Gasteiger partial charge < -0.3 is 5.32 Å². The predicted molar refractivity (Wildman–Crippen MR) is 87.0 cm³/mol. The summed E-state index contributed by atoms with van der Waals surface area (Å²) in [7, 11) is 1.89. The lowest BCUT2D eigenvalue weighted by Crippen LogP contribution is -2.48. The molecule has 0 unspecified atom stereocenters. The summed E-state index contributed by atoms with van der Waals surface area (Å²) in [5.74, 6) is -0.127. The van der Waals surface area contributed by atoms with E-state index in [4.69, 9.17) is 0 Å². The Labute approximate surface area is 146 Å². The van der Waals surface area contributed by atoms with Crippen LogP contribution in [0.15, 0.2) is 24.3 Å². The van der Waals surface area contributed by atoms with Crippen molar-refractivity contribution in [3.05, 3.63) is 45.4 Å². The van der Waals surface area contributed by atoms with Crippen LogP contribution >= 0.6 is 11.3 Å². The fourth-order valence-electron chi connectivity index (χ4n) is 2.83. The number of alkyl halides is 3. The molecule has 1 aromatic carbocycles. The van der Waals surface area contributed by atoms with Crippen LogP contribution in [0, 0.1) is 0 Å². The molecule has 2 heterocycles. The van der Waals surface area contributed by atoms with E-state index in [1.165, 1.54) is 5.56 Å². The summed E-state index contributed by atoms with van der Waals surface area (Å²) >= 11 is 0.509. The van der Waals surface area contributed by atoms with Gasteiger partial charge in [0, 0.05) is 19.5 Å². The fraction of sp³-hybridized carbons (Fsp3) is 0.438. The molecule has 3 rings (SSSR count). The molecular weight excluding hydrogens is 353 g/mol. The zero-order valence-electron chi connectivity index (χ0n) is 13.5. The van der Waals surface area contributed by atoms with Gasteiger partial charge in [-0.25, -0.2) is 0 Å². The number of likely N-dealkylation sites (N-methyl/N-ethyl adjacent to an activating group) is 1. The van der Waals surface area contributed by atoms with Gasteiger partial charge in [-0.1, -0.05) is 35.6 Å². The monoisotopic (exact) mass is 370 g/mol. The number of aromatic nitrogens is 2. The maximum atomic E-state index is 12.5. The van der Waals surface area contributed by atoms with E-state index in [2.05, 4.69) is 15.5 Å². The first kappa shape index (κ1) is 17.8. The van der Waals surface area contributed by atoms with Crippen molar-refractivity contribution in [1.29, 1.82) is 0 Å². The van der Waals surface area contributed by atoms with Gasteiger partial charge in [0.05, 0.1) is 6.04 Å². The average molecular weight is 370 g/mol. The molecule has 1 amide bonds. The third kappa shape index (κ3) is 4.16. The SMILES string of the molecule is CN1Cc2ccccc2C[C@H]1C(=O)NCCc1nnc(C(F)(F)F)s1. The van der Waals surface area contributed by atoms with Crippen LogP contribution < -0.4 is 5.32 Å². The van der Waals surface area contributed by atoms with Gasteiger partial charge >= 0.3 is 6.18 Å². The lowest BCUT2D eigenvalue weighted by molar-refractivity contribution is -0.138. The minimum absolute atomic E-state index is 0.127. The van der Waals surface area contributed by atoms with E-state index in [-0.39, 0.29) is 29.9 Å². The van der Waals surface area contributed by atoms with Crippen molar-refractivity contribution in [3.63, 3.8) is 0 Å². The van der Waals surface area contributed by atoms with Crippen LogP contribution in [0.5, 0.6) is 0 Å². The Hall–Kier alpha value is -2.00. The number of rotatable bonds is 4. The number of nitrogens with zero attached hydrogens (tertiary/aromatic N) is 3. The molecule has 0 radical (unpaired) electrons. The molecule has 1 aliphatic heterocycles. The number of halogens is 3. The normalized spacial score (nSPS) is 18.0. The van der Waals surface area contributed by atoms with Crippen LogP contribution in [0.4, 0.5) is 13.2 Å². The summed E-state index contributed by atoms with van der Waals surface area (Å²) in [4.78, 5) is 14.4. The number of amides is 1. The number of hydrogen-bond donors (Lipinski definition) is 1. The highest BCUT2D eigenvalue weighted by molar-refractivity contribution is 7.11. The van der Waals surface area contributed by atoms with Gasteiger partial charge in [0.25, 0.3) is 0 Å². The quantitative estimate of drug-likeness (QED) is 0.897. The number of carbonyl (C=O) groups is 1. The van der Waals surface area contributed by atoms with Crippen LogP contribution in [0.1, 0.15) is 21.1 Å². The fourth-order valence-corrected chi connectivity index (χ4v) is 3.53. The molecule has 0 fully saturated rings. The molecule has 1 atom stereocenters. The van der Waals surface area contributed by atoms with E-state index < -0.39 is 11.2 Å². The summed E-state index contributed by atoms with van der Waals surface area (Å²) in [5.41, 5.74) is 2.36. The van der Waals surface area contributed by atoms with Crippen LogP contribution in [-0.2, 0) is 30.4 Å². The third-order valence-electron chi connectivity index (χ3n) is 4.13. The molecule has 0 saturated carbocycles. The van der Waals surface area contributed by atoms with E-state index in [1.54, 1.807) is 0 Å². The lowest BCUT2D eigenvalue weighted by Gasteiger charge is -2.33. The summed E-state index contributed by atoms with van der Waals surface area (Å²) < 4.78 is 37.5. The Balaban J connectivity index is 1.54. The number of nitrogens with one attached hydrogen (secondary N) is 1. The van der Waals surface area contributed by atoms with Crippen molar-refractivity contribution in [3.8, 4) is 0 Å². The Morgan fingerprint density at radius 1 is 1.32 bits per heavy atom. The molecular formula is C16H17F3N4OS. The summed E-state index contributed by atoms with van der Waals surface area (Å²) in [6.07, 6.45) is -3.63. The van der Waals surface area contributed by atoms with E-state index in [9.17, 15) is 18.0 Å². The molecule has 25 heavy (non-hydrogen) atoms. The molecule has 1 N–H and O–H groups in total. The summed E-state index contributed by atoms with van der Waals surface area (Å²) in [5, 5.41) is 8.74. The molecule has 1 aliphatic rings. The zero-order chi connectivity index (χ0) is 18.0. The molecule has 0 saturated heterocycles. The second-order valence-corrected chi connectivity index (χ2v) is 7.01. The van der Waals surface area contributed by atoms with Gasteiger partial charge in [-0.05, 0) is 24.6 Å². The Morgan fingerprint density at radius 3 is 2.72 bits per heavy atom. The number of carbonyl (C=O) groups excluding carboxylic acids is 1. The molecule has 2 aromatic rings. The Bertz CT molecular complexity index is 762. The predicted octanol–water partition coefficient (Wildman–Crippen LogP) is 2.27. The molecule has 9 heteroatoms. The van der Waals surface area contributed by atoms with Crippen molar-refractivity contribution >= 4 is 17.2 Å². The summed E-state index contributed by atoms with van der Waals surface area (Å²) in [6, 6.07) is 7.71. The second-order valence-electron chi connectivity index (χ2n) is 5.94. The smallest absolute Gasteiger partial charge is 0.354 e. The number of hydrogen-bond acceptors (Lipinski definition) is 5. The minimum Gasteiger partial charge on any atom is -0.354 e. The topological polar surface area (TPSA) is 58.1 Å². The Kier molecular flexibility index (Phi) is 5.05. The van der Waals surface area contributed by atoms with Crippen molar-refractivity contribution in [2.24, 2.45) is 0 Å². The van der Waals surface area contributed by atoms with Crippen LogP contribution in [0.25, 0.3) is 0 Å². The van der Waals surface area contributed by atoms with Crippen molar-refractivity contribution in [2.75, 3.05) is 13.6 Å². The third-order valence-corrected chi connectivity index (χ3v) is 5.16. The average Bonchev–Trinajstić information content (AvgIpc) is 3.03. The molecule has 0 spiro atoms. The summed E-state index contributed by atoms with van der Waals surface area (Å²) in [6.45, 7) is 0.927. The van der Waals surface area contributed by atoms with Gasteiger partial charge in [0.2, 0.25) is 10.9 Å². The first-order valence-electron chi connectivity index (χ1n) is 7.79. The highest BCUT2D eigenvalue weighted by atomic mass is 32.1. The largest absolute Gasteiger partial charge is 0.445 e. The second kappa shape index (κ2) is 7.09. The molecule has 5 nitrogen and oxygen atoms in total. The first-order valence-corrected chi connectivity index (χ1v) is 8.60. The molecule has 1 aromatic heterocycles. The highest BCUT2D eigenvalue weighted by Gasteiger charge is 2.35. The van der Waals surface area contributed by atoms with Crippen LogP contribution in [0.2, 0.25) is 0 Å². The van der Waals surface area contributed by atoms with Crippen LogP contribution in [-0.4, -0.2) is 40.6 Å². The zero-order valence-corrected chi connectivity index (χ0v) is 14.3. The number of fused-ring (bicyclic) bond motifs is 1.